The van der Waals surface area contributed by atoms with Crippen molar-refractivity contribution in [2.45, 2.75) is 19.9 Å². The van der Waals surface area contributed by atoms with E-state index in [1.807, 2.05) is 11.5 Å². The van der Waals surface area contributed by atoms with Crippen molar-refractivity contribution in [3.63, 3.8) is 0 Å². The van der Waals surface area contributed by atoms with Crippen molar-refractivity contribution >= 4 is 11.0 Å². The molecule has 0 spiro atoms. The monoisotopic (exact) mass is 286 g/mol. The van der Waals surface area contributed by atoms with E-state index in [4.69, 9.17) is 0 Å². The molecule has 0 aliphatic carbocycles. The Morgan fingerprint density at radius 1 is 1.14 bits per heavy atom. The Hall–Kier alpha value is -2.56. The second-order valence-corrected chi connectivity index (χ2v) is 4.87. The second-order valence-electron chi connectivity index (χ2n) is 4.87. The van der Waals surface area contributed by atoms with E-state index in [2.05, 4.69) is 4.98 Å². The smallest absolute Gasteiger partial charge is 0.168 e. The molecule has 3 aromatic rings. The lowest BCUT2D eigenvalue weighted by molar-refractivity contribution is 0.404. The van der Waals surface area contributed by atoms with Crippen molar-refractivity contribution in [2.75, 3.05) is 0 Å². The lowest BCUT2D eigenvalue weighted by Gasteiger charge is -2.09. The van der Waals surface area contributed by atoms with Gasteiger partial charge in [0.1, 0.15) is 11.3 Å². The fourth-order valence-electron chi connectivity index (χ4n) is 2.48. The van der Waals surface area contributed by atoms with E-state index in [1.165, 1.54) is 12.1 Å². The molecule has 4 nitrogen and oxygen atoms in total. The van der Waals surface area contributed by atoms with Crippen LogP contribution in [0, 0.1) is 5.82 Å². The van der Waals surface area contributed by atoms with E-state index in [0.717, 1.165) is 6.42 Å². The Labute approximate surface area is 121 Å². The number of phenolic OH excluding ortho intramolecular Hbond substituents is 2. The molecular formula is C16H15FN2O2. The van der Waals surface area contributed by atoms with Crippen LogP contribution in [-0.2, 0) is 6.54 Å². The maximum absolute atomic E-state index is 13.9. The number of hydrogen-bond acceptors (Lipinski definition) is 3. The lowest BCUT2D eigenvalue weighted by Crippen LogP contribution is -1.99. The molecule has 0 saturated heterocycles. The molecule has 1 aromatic heterocycles. The van der Waals surface area contributed by atoms with Crippen LogP contribution >= 0.6 is 0 Å². The standard InChI is InChI=1S/C16H15FN2O2/c1-2-9-19-12-7-4-6-11(17)14(12)18-16(19)10-5-3-8-13(20)15(10)21/h3-8,20-21H,2,9H2,1H3. The van der Waals surface area contributed by atoms with Crippen LogP contribution in [0.15, 0.2) is 36.4 Å². The first-order valence-electron chi connectivity index (χ1n) is 6.79. The van der Waals surface area contributed by atoms with Gasteiger partial charge in [-0.25, -0.2) is 9.37 Å². The summed E-state index contributed by atoms with van der Waals surface area (Å²) in [7, 11) is 0. The molecule has 0 fully saturated rings. The molecule has 0 amide bonds. The highest BCUT2D eigenvalue weighted by molar-refractivity contribution is 5.83. The van der Waals surface area contributed by atoms with Gasteiger partial charge in [0.05, 0.1) is 11.1 Å². The quantitative estimate of drug-likeness (QED) is 0.722. The Kier molecular flexibility index (Phi) is 3.25. The summed E-state index contributed by atoms with van der Waals surface area (Å²) >= 11 is 0. The molecule has 0 atom stereocenters. The lowest BCUT2D eigenvalue weighted by atomic mass is 10.1. The fraction of sp³-hybridized carbons (Fsp3) is 0.188. The number of benzene rings is 2. The van der Waals surface area contributed by atoms with E-state index in [0.29, 0.717) is 23.4 Å². The number of fused-ring (bicyclic) bond motifs is 1. The summed E-state index contributed by atoms with van der Waals surface area (Å²) in [5, 5.41) is 19.7. The summed E-state index contributed by atoms with van der Waals surface area (Å²) in [5.41, 5.74) is 1.33. The number of para-hydroxylation sites is 2. The molecule has 0 radical (unpaired) electrons. The summed E-state index contributed by atoms with van der Waals surface area (Å²) in [6.07, 6.45) is 0.842. The zero-order valence-electron chi connectivity index (χ0n) is 11.5. The summed E-state index contributed by atoms with van der Waals surface area (Å²) < 4.78 is 15.8. The van der Waals surface area contributed by atoms with Crippen molar-refractivity contribution in [3.05, 3.63) is 42.2 Å². The predicted molar refractivity (Wildman–Crippen MR) is 78.7 cm³/mol. The maximum Gasteiger partial charge on any atom is 0.168 e. The minimum atomic E-state index is -0.400. The summed E-state index contributed by atoms with van der Waals surface area (Å²) in [5.74, 6) is -0.415. The van der Waals surface area contributed by atoms with Gasteiger partial charge < -0.3 is 14.8 Å². The molecule has 0 bridgehead atoms. The van der Waals surface area contributed by atoms with Crippen LogP contribution < -0.4 is 0 Å². The van der Waals surface area contributed by atoms with Gasteiger partial charge in [-0.1, -0.05) is 19.1 Å². The van der Waals surface area contributed by atoms with Crippen molar-refractivity contribution in [1.82, 2.24) is 9.55 Å². The van der Waals surface area contributed by atoms with Crippen molar-refractivity contribution in [2.24, 2.45) is 0 Å². The minimum Gasteiger partial charge on any atom is -0.504 e. The number of nitrogens with zero attached hydrogens (tertiary/aromatic N) is 2. The molecule has 2 N–H and O–H groups in total. The van der Waals surface area contributed by atoms with Crippen LogP contribution in [0.3, 0.4) is 0 Å². The Morgan fingerprint density at radius 2 is 1.90 bits per heavy atom. The molecule has 1 heterocycles. The van der Waals surface area contributed by atoms with Crippen LogP contribution in [0.4, 0.5) is 4.39 Å². The van der Waals surface area contributed by atoms with Crippen molar-refractivity contribution < 1.29 is 14.6 Å². The molecule has 3 rings (SSSR count). The SMILES string of the molecule is CCCn1c(-c2cccc(O)c2O)nc2c(F)cccc21. The highest BCUT2D eigenvalue weighted by Crippen LogP contribution is 2.37. The summed E-state index contributed by atoms with van der Waals surface area (Å²) in [6, 6.07) is 9.46. The number of aromatic nitrogens is 2. The third-order valence-electron chi connectivity index (χ3n) is 3.43. The predicted octanol–water partition coefficient (Wildman–Crippen LogP) is 3.66. The number of hydrogen-bond donors (Lipinski definition) is 2. The highest BCUT2D eigenvalue weighted by atomic mass is 19.1. The molecule has 0 aliphatic heterocycles. The van der Waals surface area contributed by atoms with Crippen molar-refractivity contribution in [3.8, 4) is 22.9 Å². The van der Waals surface area contributed by atoms with Gasteiger partial charge in [-0.3, -0.25) is 0 Å². The molecule has 2 aromatic carbocycles. The van der Waals surface area contributed by atoms with Crippen LogP contribution in [-0.4, -0.2) is 19.8 Å². The van der Waals surface area contributed by atoms with Crippen LogP contribution in [0.5, 0.6) is 11.5 Å². The molecule has 21 heavy (non-hydrogen) atoms. The first-order valence-corrected chi connectivity index (χ1v) is 6.79. The van der Waals surface area contributed by atoms with E-state index < -0.39 is 5.82 Å². The third kappa shape index (κ3) is 2.11. The van der Waals surface area contributed by atoms with Gasteiger partial charge in [-0.15, -0.1) is 0 Å². The van der Waals surface area contributed by atoms with E-state index in [1.54, 1.807) is 24.3 Å². The molecule has 108 valence electrons. The van der Waals surface area contributed by atoms with E-state index in [9.17, 15) is 14.6 Å². The van der Waals surface area contributed by atoms with Gasteiger partial charge in [0.25, 0.3) is 0 Å². The number of rotatable bonds is 3. The number of aryl methyl sites for hydroxylation is 1. The maximum atomic E-state index is 13.9. The first-order chi connectivity index (χ1) is 10.1. The largest absolute Gasteiger partial charge is 0.504 e. The van der Waals surface area contributed by atoms with Gasteiger partial charge in [0.2, 0.25) is 0 Å². The van der Waals surface area contributed by atoms with Crippen molar-refractivity contribution in [1.29, 1.82) is 0 Å². The van der Waals surface area contributed by atoms with E-state index in [-0.39, 0.29) is 17.0 Å². The Morgan fingerprint density at radius 3 is 2.67 bits per heavy atom. The average molecular weight is 286 g/mol. The molecule has 0 unspecified atom stereocenters. The second kappa shape index (κ2) is 5.09. The molecule has 5 heteroatoms. The van der Waals surface area contributed by atoms with E-state index >= 15 is 0 Å². The zero-order chi connectivity index (χ0) is 15.0. The molecular weight excluding hydrogens is 271 g/mol. The van der Waals surface area contributed by atoms with Gasteiger partial charge in [-0.05, 0) is 30.7 Å². The Bertz CT molecular complexity index is 811. The zero-order valence-corrected chi connectivity index (χ0v) is 11.5. The van der Waals surface area contributed by atoms with Gasteiger partial charge in [0, 0.05) is 6.54 Å². The average Bonchev–Trinajstić information content (AvgIpc) is 2.83. The normalized spacial score (nSPS) is 11.1. The fourth-order valence-corrected chi connectivity index (χ4v) is 2.48. The number of imidazole rings is 1. The molecule has 0 aliphatic rings. The summed E-state index contributed by atoms with van der Waals surface area (Å²) in [4.78, 5) is 4.32. The van der Waals surface area contributed by atoms with Crippen LogP contribution in [0.25, 0.3) is 22.4 Å². The number of halogens is 1. The summed E-state index contributed by atoms with van der Waals surface area (Å²) in [6.45, 7) is 2.65. The van der Waals surface area contributed by atoms with Gasteiger partial charge in [0.15, 0.2) is 17.3 Å². The first kappa shape index (κ1) is 13.4. The van der Waals surface area contributed by atoms with Gasteiger partial charge >= 0.3 is 0 Å². The highest BCUT2D eigenvalue weighted by Gasteiger charge is 2.18. The minimum absolute atomic E-state index is 0.219. The van der Waals surface area contributed by atoms with Crippen LogP contribution in [0.1, 0.15) is 13.3 Å². The van der Waals surface area contributed by atoms with Gasteiger partial charge in [-0.2, -0.15) is 0 Å². The topological polar surface area (TPSA) is 58.3 Å². The number of phenols is 2. The molecule has 0 saturated carbocycles. The Balaban J connectivity index is 2.33. The third-order valence-corrected chi connectivity index (χ3v) is 3.43. The van der Waals surface area contributed by atoms with Crippen LogP contribution in [0.2, 0.25) is 0 Å². The number of aromatic hydroxyl groups is 2.